The van der Waals surface area contributed by atoms with E-state index < -0.39 is 0 Å². The van der Waals surface area contributed by atoms with Gasteiger partial charge in [-0.2, -0.15) is 0 Å². The normalized spacial score (nSPS) is 10.9. The van der Waals surface area contributed by atoms with Crippen molar-refractivity contribution in [1.82, 2.24) is 5.32 Å². The van der Waals surface area contributed by atoms with Gasteiger partial charge in [0.25, 0.3) is 0 Å². The quantitative estimate of drug-likeness (QED) is 0.395. The maximum atomic E-state index is 3.78. The number of rotatable bonds is 1. The van der Waals surface area contributed by atoms with Gasteiger partial charge in [0.2, 0.25) is 0 Å². The van der Waals surface area contributed by atoms with Gasteiger partial charge in [-0.05, 0) is 13.1 Å². The van der Waals surface area contributed by atoms with Crippen LogP contribution in [-0.4, -0.2) is 5.84 Å². The van der Waals surface area contributed by atoms with Crippen LogP contribution in [0.4, 0.5) is 0 Å². The molecule has 0 atom stereocenters. The minimum atomic E-state index is 0.871. The number of nitrogens with zero attached hydrogens (tertiary/aromatic N) is 1. The highest BCUT2D eigenvalue weighted by atomic mass is 127. The molecule has 0 amide bonds. The summed E-state index contributed by atoms with van der Waals surface area (Å²) in [5, 5.41) is 2.80. The molecule has 7 heavy (non-hydrogen) atoms. The van der Waals surface area contributed by atoms with Crippen molar-refractivity contribution in [3.05, 3.63) is 12.8 Å². The van der Waals surface area contributed by atoms with Gasteiger partial charge in [0.15, 0.2) is 0 Å². The van der Waals surface area contributed by atoms with Gasteiger partial charge in [-0.1, -0.05) is 6.58 Å². The Balaban J connectivity index is 3.36. The second-order valence-corrected chi connectivity index (χ2v) is 1.50. The predicted molar refractivity (Wildman–Crippen MR) is 40.5 cm³/mol. The molecule has 0 aromatic carbocycles. The first-order valence-electron chi connectivity index (χ1n) is 1.84. The van der Waals surface area contributed by atoms with Crippen LogP contribution in [0.5, 0.6) is 0 Å². The first kappa shape index (κ1) is 6.94. The molecule has 0 heterocycles. The van der Waals surface area contributed by atoms with E-state index in [2.05, 4.69) is 15.1 Å². The summed E-state index contributed by atoms with van der Waals surface area (Å²) in [5.41, 5.74) is 0. The van der Waals surface area contributed by atoms with Crippen LogP contribution in [0.3, 0.4) is 0 Å². The lowest BCUT2D eigenvalue weighted by atomic mass is 10.7. The van der Waals surface area contributed by atoms with Gasteiger partial charge in [0.05, 0.1) is 22.9 Å². The van der Waals surface area contributed by atoms with E-state index in [9.17, 15) is 0 Å². The van der Waals surface area contributed by atoms with E-state index in [4.69, 9.17) is 0 Å². The molecule has 0 aliphatic rings. The topological polar surface area (TPSA) is 24.4 Å². The van der Waals surface area contributed by atoms with Crippen LogP contribution in [0.15, 0.2) is 16.0 Å². The van der Waals surface area contributed by atoms with E-state index in [0.717, 1.165) is 5.84 Å². The van der Waals surface area contributed by atoms with Crippen molar-refractivity contribution in [2.45, 2.75) is 6.92 Å². The Hall–Kier alpha value is -0.0600. The fourth-order valence-electron chi connectivity index (χ4n) is 0.172. The second-order valence-electron chi connectivity index (χ2n) is 1.02. The average molecular weight is 210 g/mol. The van der Waals surface area contributed by atoms with E-state index in [1.165, 1.54) is 0 Å². The molecule has 0 rings (SSSR count). The Kier molecular flexibility index (Phi) is 4.07. The van der Waals surface area contributed by atoms with Crippen LogP contribution >= 0.6 is 22.9 Å². The number of amidine groups is 1. The van der Waals surface area contributed by atoms with Gasteiger partial charge in [-0.25, -0.2) is 3.21 Å². The van der Waals surface area contributed by atoms with Crippen molar-refractivity contribution in [3.8, 4) is 0 Å². The smallest absolute Gasteiger partial charge is 0.109 e. The zero-order valence-electron chi connectivity index (χ0n) is 4.11. The number of halogens is 1. The van der Waals surface area contributed by atoms with Crippen molar-refractivity contribution >= 4 is 28.7 Å². The van der Waals surface area contributed by atoms with Crippen LogP contribution in [0.2, 0.25) is 0 Å². The first-order chi connectivity index (χ1) is 3.31. The van der Waals surface area contributed by atoms with Crippen LogP contribution in [-0.2, 0) is 0 Å². The Morgan fingerprint density at radius 2 is 2.57 bits per heavy atom. The predicted octanol–water partition coefficient (Wildman–Crippen LogP) is 1.49. The molecular weight excluding hydrogens is 203 g/mol. The summed E-state index contributed by atoms with van der Waals surface area (Å²) in [6.45, 7) is 5.32. The zero-order chi connectivity index (χ0) is 5.70. The largest absolute Gasteiger partial charge is 0.351 e. The molecule has 2 nitrogen and oxygen atoms in total. The number of nitrogens with one attached hydrogen (secondary N) is 1. The van der Waals surface area contributed by atoms with E-state index in [-0.39, 0.29) is 0 Å². The van der Waals surface area contributed by atoms with Gasteiger partial charge in [0.1, 0.15) is 5.84 Å². The highest BCUT2D eigenvalue weighted by Gasteiger charge is 1.75. The van der Waals surface area contributed by atoms with Crippen molar-refractivity contribution in [1.29, 1.82) is 0 Å². The highest BCUT2D eigenvalue weighted by Crippen LogP contribution is 1.81. The third kappa shape index (κ3) is 3.78. The standard InChI is InChI=1S/C4H7IN2/c1-3-6-4(2)7-5/h3H,1H2,2H3,(H,6,7). The molecule has 0 saturated carbocycles. The summed E-state index contributed by atoms with van der Waals surface area (Å²) >= 11 is 1.91. The molecule has 0 aliphatic heterocycles. The monoisotopic (exact) mass is 210 g/mol. The Bertz CT molecular complexity index is 87.7. The molecule has 40 valence electrons. The summed E-state index contributed by atoms with van der Waals surface area (Å²) in [6, 6.07) is 0. The van der Waals surface area contributed by atoms with Crippen LogP contribution in [0, 0.1) is 0 Å². The van der Waals surface area contributed by atoms with Crippen molar-refractivity contribution in [2.75, 3.05) is 0 Å². The number of hydrogen-bond acceptors (Lipinski definition) is 1. The average Bonchev–Trinajstić information content (AvgIpc) is 1.68. The molecule has 3 heteroatoms. The van der Waals surface area contributed by atoms with E-state index in [0.29, 0.717) is 0 Å². The fourth-order valence-corrected chi connectivity index (χ4v) is 0.311. The van der Waals surface area contributed by atoms with E-state index in [1.54, 1.807) is 6.20 Å². The minimum absolute atomic E-state index is 0.871. The summed E-state index contributed by atoms with van der Waals surface area (Å²) in [7, 11) is 0. The molecule has 0 aromatic rings. The molecule has 0 aliphatic carbocycles. The van der Waals surface area contributed by atoms with Crippen LogP contribution in [0.1, 0.15) is 6.92 Å². The molecule has 0 radical (unpaired) electrons. The Morgan fingerprint density at radius 3 is 2.71 bits per heavy atom. The molecular formula is C4H7IN2. The van der Waals surface area contributed by atoms with Crippen LogP contribution in [0.25, 0.3) is 0 Å². The summed E-state index contributed by atoms with van der Waals surface area (Å²) in [6.07, 6.45) is 1.59. The molecule has 1 N–H and O–H groups in total. The molecule has 0 spiro atoms. The lowest BCUT2D eigenvalue weighted by molar-refractivity contribution is 1.27. The van der Waals surface area contributed by atoms with Crippen LogP contribution < -0.4 is 5.32 Å². The lowest BCUT2D eigenvalue weighted by Crippen LogP contribution is -2.10. The van der Waals surface area contributed by atoms with E-state index in [1.807, 2.05) is 29.8 Å². The Morgan fingerprint density at radius 1 is 2.00 bits per heavy atom. The van der Waals surface area contributed by atoms with Crippen molar-refractivity contribution in [2.24, 2.45) is 3.21 Å². The molecule has 0 fully saturated rings. The van der Waals surface area contributed by atoms with Gasteiger partial charge < -0.3 is 5.32 Å². The molecule has 0 unspecified atom stereocenters. The summed E-state index contributed by atoms with van der Waals surface area (Å²) in [4.78, 5) is 0. The third-order valence-electron chi connectivity index (χ3n) is 0.438. The molecule has 0 bridgehead atoms. The second kappa shape index (κ2) is 4.11. The molecule has 0 saturated heterocycles. The lowest BCUT2D eigenvalue weighted by Gasteiger charge is -1.90. The maximum absolute atomic E-state index is 3.78. The van der Waals surface area contributed by atoms with Gasteiger partial charge in [-0.15, -0.1) is 0 Å². The fraction of sp³-hybridized carbons (Fsp3) is 0.250. The molecule has 0 aromatic heterocycles. The third-order valence-corrected chi connectivity index (χ3v) is 1.16. The number of hydrogen-bond donors (Lipinski definition) is 1. The SMILES string of the molecule is C=CN/C(C)=N/I. The maximum Gasteiger partial charge on any atom is 0.109 e. The summed E-state index contributed by atoms with van der Waals surface area (Å²) in [5.74, 6) is 0.871. The van der Waals surface area contributed by atoms with Gasteiger partial charge in [-0.3, -0.25) is 0 Å². The van der Waals surface area contributed by atoms with Crippen molar-refractivity contribution in [3.63, 3.8) is 0 Å². The van der Waals surface area contributed by atoms with Gasteiger partial charge in [0, 0.05) is 0 Å². The van der Waals surface area contributed by atoms with Gasteiger partial charge >= 0.3 is 0 Å². The minimum Gasteiger partial charge on any atom is -0.351 e. The Labute approximate surface area is 57.2 Å². The highest BCUT2D eigenvalue weighted by molar-refractivity contribution is 14.1. The zero-order valence-corrected chi connectivity index (χ0v) is 6.27. The van der Waals surface area contributed by atoms with E-state index >= 15 is 0 Å². The summed E-state index contributed by atoms with van der Waals surface area (Å²) < 4.78 is 3.78. The first-order valence-corrected chi connectivity index (χ1v) is 2.80. The van der Waals surface area contributed by atoms with Crippen molar-refractivity contribution < 1.29 is 0 Å².